The first-order valence-corrected chi connectivity index (χ1v) is 12.9. The summed E-state index contributed by atoms with van der Waals surface area (Å²) in [7, 11) is 1.63. The molecule has 192 valence electrons. The van der Waals surface area contributed by atoms with Crippen LogP contribution in [0.15, 0.2) is 71.7 Å². The third kappa shape index (κ3) is 5.25. The number of ether oxygens (including phenoxy) is 2. The minimum atomic E-state index is -0.269. The number of carbonyl (C=O) groups excluding carboxylic acids is 1. The lowest BCUT2D eigenvalue weighted by atomic mass is 9.94. The Hall–Kier alpha value is -3.26. The van der Waals surface area contributed by atoms with Crippen molar-refractivity contribution in [3.63, 3.8) is 0 Å². The van der Waals surface area contributed by atoms with Crippen LogP contribution in [0.4, 0.5) is 0 Å². The van der Waals surface area contributed by atoms with E-state index in [-0.39, 0.29) is 24.5 Å². The van der Waals surface area contributed by atoms with Gasteiger partial charge in [0, 0.05) is 29.2 Å². The number of benzene rings is 3. The van der Waals surface area contributed by atoms with Crippen molar-refractivity contribution in [1.82, 2.24) is 15.3 Å². The molecular formula is C28H28Cl2N4O3. The molecule has 0 spiro atoms. The second kappa shape index (κ2) is 11.0. The van der Waals surface area contributed by atoms with Crippen LogP contribution in [0.3, 0.4) is 0 Å². The molecule has 5 rings (SSSR count). The van der Waals surface area contributed by atoms with Gasteiger partial charge >= 0.3 is 0 Å². The largest absolute Gasteiger partial charge is 0.497 e. The number of hydrogen-bond acceptors (Lipinski definition) is 6. The molecule has 2 atom stereocenters. The van der Waals surface area contributed by atoms with E-state index < -0.39 is 0 Å². The van der Waals surface area contributed by atoms with Crippen molar-refractivity contribution in [1.29, 1.82) is 0 Å². The fourth-order valence-corrected chi connectivity index (χ4v) is 5.08. The molecule has 1 saturated heterocycles. The first-order chi connectivity index (χ1) is 18.0. The minimum absolute atomic E-state index is 0.0323. The van der Waals surface area contributed by atoms with Gasteiger partial charge < -0.3 is 14.8 Å². The first kappa shape index (κ1) is 25.4. The number of hydrogen-bond donors (Lipinski definition) is 1. The van der Waals surface area contributed by atoms with Gasteiger partial charge in [0.15, 0.2) is 5.84 Å². The maximum absolute atomic E-state index is 12.5. The van der Waals surface area contributed by atoms with Gasteiger partial charge in [-0.15, -0.1) is 0 Å². The predicted molar refractivity (Wildman–Crippen MR) is 146 cm³/mol. The molecule has 0 saturated carbocycles. The Morgan fingerprint density at radius 1 is 1.00 bits per heavy atom. The van der Waals surface area contributed by atoms with Crippen molar-refractivity contribution >= 4 is 34.9 Å². The van der Waals surface area contributed by atoms with Gasteiger partial charge in [0.25, 0.3) is 0 Å². The fourth-order valence-electron chi connectivity index (χ4n) is 4.83. The second-order valence-electron chi connectivity index (χ2n) is 8.82. The van der Waals surface area contributed by atoms with E-state index in [9.17, 15) is 4.79 Å². The van der Waals surface area contributed by atoms with Crippen LogP contribution in [0, 0.1) is 0 Å². The third-order valence-electron chi connectivity index (χ3n) is 6.52. The van der Waals surface area contributed by atoms with Crippen LogP contribution in [0.5, 0.6) is 11.5 Å². The molecule has 3 aromatic rings. The Labute approximate surface area is 226 Å². The summed E-state index contributed by atoms with van der Waals surface area (Å²) in [5, 5.41) is 8.45. The maximum Gasteiger partial charge on any atom is 0.236 e. The lowest BCUT2D eigenvalue weighted by molar-refractivity contribution is -0.129. The molecule has 9 heteroatoms. The van der Waals surface area contributed by atoms with E-state index in [4.69, 9.17) is 37.7 Å². The van der Waals surface area contributed by atoms with E-state index in [1.807, 2.05) is 73.7 Å². The van der Waals surface area contributed by atoms with Crippen LogP contribution in [0.1, 0.15) is 35.7 Å². The number of carbonyl (C=O) groups is 1. The molecule has 0 bridgehead atoms. The molecule has 0 aromatic heterocycles. The highest BCUT2D eigenvalue weighted by Gasteiger charge is 2.43. The molecule has 2 unspecified atom stereocenters. The zero-order valence-electron chi connectivity index (χ0n) is 20.7. The number of amides is 1. The fraction of sp³-hybridized carbons (Fsp3) is 0.286. The van der Waals surface area contributed by atoms with Gasteiger partial charge in [-0.3, -0.25) is 14.8 Å². The van der Waals surface area contributed by atoms with E-state index in [1.54, 1.807) is 7.11 Å². The van der Waals surface area contributed by atoms with E-state index in [0.29, 0.717) is 41.2 Å². The monoisotopic (exact) mass is 538 g/mol. The summed E-state index contributed by atoms with van der Waals surface area (Å²) < 4.78 is 11.5. The van der Waals surface area contributed by atoms with Crippen molar-refractivity contribution in [2.24, 2.45) is 4.99 Å². The maximum atomic E-state index is 12.5. The molecule has 1 N–H and O–H groups in total. The standard InChI is InChI=1S/C28H28Cl2N4O3/c1-3-37-24-16-22(36-2)12-13-23(24)28-32-26(18-4-8-20(29)9-5-18)27(19-6-10-21(30)11-7-19)34(28)33-15-14-31-25(35)17-33/h4-13,16,26-27H,3,14-15,17H2,1-2H3,(H,31,35). The number of aliphatic imine (C=N–C) groups is 1. The highest BCUT2D eigenvalue weighted by atomic mass is 35.5. The van der Waals surface area contributed by atoms with Crippen LogP contribution in [0.2, 0.25) is 10.0 Å². The third-order valence-corrected chi connectivity index (χ3v) is 7.02. The van der Waals surface area contributed by atoms with Crippen molar-refractivity contribution in [2.45, 2.75) is 19.0 Å². The van der Waals surface area contributed by atoms with Crippen LogP contribution >= 0.6 is 23.2 Å². The molecule has 1 amide bonds. The Morgan fingerprint density at radius 3 is 2.30 bits per heavy atom. The van der Waals surface area contributed by atoms with Gasteiger partial charge in [-0.1, -0.05) is 47.5 Å². The van der Waals surface area contributed by atoms with E-state index in [1.165, 1.54) is 0 Å². The molecule has 2 aliphatic heterocycles. The zero-order valence-corrected chi connectivity index (χ0v) is 22.2. The van der Waals surface area contributed by atoms with Crippen molar-refractivity contribution in [2.75, 3.05) is 33.4 Å². The molecule has 0 aliphatic carbocycles. The smallest absolute Gasteiger partial charge is 0.236 e. The Morgan fingerprint density at radius 2 is 1.68 bits per heavy atom. The molecular weight excluding hydrogens is 511 g/mol. The minimum Gasteiger partial charge on any atom is -0.497 e. The summed E-state index contributed by atoms with van der Waals surface area (Å²) in [5.41, 5.74) is 2.86. The van der Waals surface area contributed by atoms with Crippen LogP contribution in [-0.2, 0) is 4.79 Å². The van der Waals surface area contributed by atoms with Crippen LogP contribution in [-0.4, -0.2) is 55.1 Å². The molecule has 2 aliphatic rings. The highest BCUT2D eigenvalue weighted by Crippen LogP contribution is 2.46. The molecule has 0 radical (unpaired) electrons. The number of rotatable bonds is 7. The normalized spacial score (nSPS) is 19.9. The van der Waals surface area contributed by atoms with Gasteiger partial charge in [-0.05, 0) is 54.4 Å². The Bertz CT molecular complexity index is 1300. The van der Waals surface area contributed by atoms with E-state index in [2.05, 4.69) is 15.3 Å². The van der Waals surface area contributed by atoms with Gasteiger partial charge in [0.1, 0.15) is 17.5 Å². The van der Waals surface area contributed by atoms with E-state index in [0.717, 1.165) is 22.5 Å². The molecule has 7 nitrogen and oxygen atoms in total. The van der Waals surface area contributed by atoms with Gasteiger partial charge in [0.05, 0.1) is 31.9 Å². The summed E-state index contributed by atoms with van der Waals surface area (Å²) in [5.74, 6) is 2.05. The average Bonchev–Trinajstić information content (AvgIpc) is 3.30. The molecule has 3 aromatic carbocycles. The lowest BCUT2D eigenvalue weighted by Gasteiger charge is -2.41. The Kier molecular flexibility index (Phi) is 7.55. The average molecular weight is 539 g/mol. The van der Waals surface area contributed by atoms with Crippen molar-refractivity contribution < 1.29 is 14.3 Å². The predicted octanol–water partition coefficient (Wildman–Crippen LogP) is 5.29. The van der Waals surface area contributed by atoms with Gasteiger partial charge in [0.2, 0.25) is 5.91 Å². The van der Waals surface area contributed by atoms with Crippen molar-refractivity contribution in [3.8, 4) is 11.5 Å². The second-order valence-corrected chi connectivity index (χ2v) is 9.70. The number of piperazine rings is 1. The number of methoxy groups -OCH3 is 1. The SMILES string of the molecule is CCOc1cc(OC)ccc1C1=NC(c2ccc(Cl)cc2)C(c2ccc(Cl)cc2)N1N1CCNC(=O)C1. The quantitative estimate of drug-likeness (QED) is 0.442. The number of hydrazine groups is 1. The number of nitrogens with one attached hydrogen (secondary N) is 1. The summed E-state index contributed by atoms with van der Waals surface area (Å²) >= 11 is 12.5. The molecule has 2 heterocycles. The summed E-state index contributed by atoms with van der Waals surface area (Å²) in [6.45, 7) is 3.83. The summed E-state index contributed by atoms with van der Waals surface area (Å²) in [6, 6.07) is 20.8. The van der Waals surface area contributed by atoms with Crippen molar-refractivity contribution in [3.05, 3.63) is 93.5 Å². The summed E-state index contributed by atoms with van der Waals surface area (Å²) in [4.78, 5) is 17.8. The van der Waals surface area contributed by atoms with Crippen LogP contribution in [0.25, 0.3) is 0 Å². The number of nitrogens with zero attached hydrogens (tertiary/aromatic N) is 3. The summed E-state index contributed by atoms with van der Waals surface area (Å²) in [6.07, 6.45) is 0. The molecule has 1 fully saturated rings. The highest BCUT2D eigenvalue weighted by molar-refractivity contribution is 6.30. The number of halogens is 2. The van der Waals surface area contributed by atoms with E-state index >= 15 is 0 Å². The van der Waals surface area contributed by atoms with Crippen LogP contribution < -0.4 is 14.8 Å². The number of amidine groups is 1. The zero-order chi connectivity index (χ0) is 25.9. The van der Waals surface area contributed by atoms with Gasteiger partial charge in [-0.2, -0.15) is 0 Å². The molecule has 37 heavy (non-hydrogen) atoms. The Balaban J connectivity index is 1.70. The first-order valence-electron chi connectivity index (χ1n) is 12.2. The van der Waals surface area contributed by atoms with Gasteiger partial charge in [-0.25, -0.2) is 5.01 Å². The lowest BCUT2D eigenvalue weighted by Crippen LogP contribution is -2.56. The topological polar surface area (TPSA) is 66.4 Å².